The Labute approximate surface area is 140 Å². The van der Waals surface area contributed by atoms with E-state index in [1.165, 1.54) is 5.57 Å². The molecule has 0 heterocycles. The Balaban J connectivity index is 0.000000485. The van der Waals surface area contributed by atoms with Crippen LogP contribution < -0.4 is 5.32 Å². The van der Waals surface area contributed by atoms with E-state index in [0.717, 1.165) is 50.5 Å². The summed E-state index contributed by atoms with van der Waals surface area (Å²) < 4.78 is 0. The van der Waals surface area contributed by atoms with Crippen LogP contribution in [0.4, 0.5) is 0 Å². The summed E-state index contributed by atoms with van der Waals surface area (Å²) >= 11 is 0. The molecule has 4 aliphatic carbocycles. The Morgan fingerprint density at radius 3 is 2.74 bits per heavy atom. The molecule has 0 bridgehead atoms. The molecule has 4 unspecified atom stereocenters. The van der Waals surface area contributed by atoms with Crippen molar-refractivity contribution in [3.63, 3.8) is 0 Å². The maximum atomic E-state index is 11.3. The van der Waals surface area contributed by atoms with Gasteiger partial charge in [0.05, 0.1) is 11.7 Å². The first-order chi connectivity index (χ1) is 11.1. The van der Waals surface area contributed by atoms with E-state index in [4.69, 9.17) is 0 Å². The lowest BCUT2D eigenvalue weighted by Gasteiger charge is -2.41. The highest BCUT2D eigenvalue weighted by Gasteiger charge is 2.47. The highest BCUT2D eigenvalue weighted by molar-refractivity contribution is 5.40. The molecule has 0 amide bonds. The molecular weight excluding hydrogens is 286 g/mol. The minimum Gasteiger partial charge on any atom is -0.393 e. The second kappa shape index (κ2) is 6.92. The lowest BCUT2D eigenvalue weighted by Crippen LogP contribution is -2.43. The van der Waals surface area contributed by atoms with E-state index >= 15 is 0 Å². The third-order valence-corrected chi connectivity index (χ3v) is 6.07. The number of fused-ring (bicyclic) bond motifs is 4. The summed E-state index contributed by atoms with van der Waals surface area (Å²) in [5.74, 6) is 1.50. The van der Waals surface area contributed by atoms with Gasteiger partial charge in [0.25, 0.3) is 0 Å². The SMILES string of the molecule is CNC.OC1CCC2CC[C@@]3(O)C(=CCC4C=CCC43)C=C2C1. The van der Waals surface area contributed by atoms with Crippen molar-refractivity contribution in [1.82, 2.24) is 5.32 Å². The predicted molar refractivity (Wildman–Crippen MR) is 94.0 cm³/mol. The molecule has 1 saturated carbocycles. The number of aliphatic hydroxyl groups is 2. The topological polar surface area (TPSA) is 52.5 Å². The van der Waals surface area contributed by atoms with E-state index in [-0.39, 0.29) is 6.10 Å². The van der Waals surface area contributed by atoms with Crippen molar-refractivity contribution in [2.24, 2.45) is 17.8 Å². The average Bonchev–Trinajstić information content (AvgIpc) is 2.95. The molecule has 3 nitrogen and oxygen atoms in total. The third-order valence-electron chi connectivity index (χ3n) is 6.07. The van der Waals surface area contributed by atoms with Crippen LogP contribution in [0.15, 0.2) is 35.5 Å². The van der Waals surface area contributed by atoms with Gasteiger partial charge in [-0.05, 0) is 76.5 Å². The van der Waals surface area contributed by atoms with Gasteiger partial charge >= 0.3 is 0 Å². The summed E-state index contributed by atoms with van der Waals surface area (Å²) in [6, 6.07) is 0. The lowest BCUT2D eigenvalue weighted by molar-refractivity contribution is -0.0102. The molecule has 3 heteroatoms. The number of nitrogens with one attached hydrogen (secondary N) is 1. The van der Waals surface area contributed by atoms with E-state index in [9.17, 15) is 10.2 Å². The fourth-order valence-electron chi connectivity index (χ4n) is 4.89. The Bertz CT molecular complexity index is 522. The number of hydrogen-bond donors (Lipinski definition) is 3. The van der Waals surface area contributed by atoms with Gasteiger partial charge in [-0.2, -0.15) is 0 Å². The first-order valence-electron chi connectivity index (χ1n) is 9.15. The van der Waals surface area contributed by atoms with Gasteiger partial charge in [-0.1, -0.05) is 29.9 Å². The minimum atomic E-state index is -0.623. The monoisotopic (exact) mass is 317 g/mol. The molecule has 0 spiro atoms. The molecule has 3 N–H and O–H groups in total. The largest absolute Gasteiger partial charge is 0.393 e. The summed E-state index contributed by atoms with van der Waals surface area (Å²) in [6.45, 7) is 0. The van der Waals surface area contributed by atoms with Crippen molar-refractivity contribution < 1.29 is 10.2 Å². The summed E-state index contributed by atoms with van der Waals surface area (Å²) in [5, 5.41) is 24.0. The highest BCUT2D eigenvalue weighted by atomic mass is 16.3. The molecule has 23 heavy (non-hydrogen) atoms. The summed E-state index contributed by atoms with van der Waals surface area (Å²) in [4.78, 5) is 0. The smallest absolute Gasteiger partial charge is 0.0930 e. The van der Waals surface area contributed by atoms with Crippen molar-refractivity contribution in [1.29, 1.82) is 0 Å². The van der Waals surface area contributed by atoms with Crippen LogP contribution in [0.1, 0.15) is 44.9 Å². The molecule has 1 fully saturated rings. The maximum absolute atomic E-state index is 11.3. The lowest BCUT2D eigenvalue weighted by atomic mass is 9.68. The van der Waals surface area contributed by atoms with Gasteiger partial charge in [0.2, 0.25) is 0 Å². The second-order valence-electron chi connectivity index (χ2n) is 7.64. The first-order valence-corrected chi connectivity index (χ1v) is 9.15. The van der Waals surface area contributed by atoms with Crippen LogP contribution in [-0.2, 0) is 0 Å². The van der Waals surface area contributed by atoms with Gasteiger partial charge in [0.1, 0.15) is 0 Å². The van der Waals surface area contributed by atoms with Crippen LogP contribution in [-0.4, -0.2) is 36.0 Å². The fraction of sp³-hybridized carbons (Fsp3) is 0.700. The van der Waals surface area contributed by atoms with Crippen molar-refractivity contribution in [2.75, 3.05) is 14.1 Å². The number of rotatable bonds is 0. The molecule has 0 saturated heterocycles. The molecule has 4 aliphatic rings. The molecule has 0 aromatic carbocycles. The quantitative estimate of drug-likeness (QED) is 0.602. The van der Waals surface area contributed by atoms with Crippen molar-refractivity contribution in [3.8, 4) is 0 Å². The minimum absolute atomic E-state index is 0.172. The van der Waals surface area contributed by atoms with Crippen LogP contribution in [0.5, 0.6) is 0 Å². The zero-order chi connectivity index (χ0) is 16.4. The van der Waals surface area contributed by atoms with E-state index in [1.807, 2.05) is 14.1 Å². The average molecular weight is 317 g/mol. The van der Waals surface area contributed by atoms with E-state index in [1.54, 1.807) is 0 Å². The third kappa shape index (κ3) is 3.19. The maximum Gasteiger partial charge on any atom is 0.0930 e. The fourth-order valence-corrected chi connectivity index (χ4v) is 4.89. The number of aliphatic hydroxyl groups excluding tert-OH is 1. The van der Waals surface area contributed by atoms with Crippen LogP contribution in [0.3, 0.4) is 0 Å². The summed E-state index contributed by atoms with van der Waals surface area (Å²) in [5.41, 5.74) is 1.91. The number of allylic oxidation sites excluding steroid dienone is 3. The molecule has 0 aromatic heterocycles. The summed E-state index contributed by atoms with van der Waals surface area (Å²) in [7, 11) is 3.75. The van der Waals surface area contributed by atoms with Gasteiger partial charge in [-0.3, -0.25) is 0 Å². The van der Waals surface area contributed by atoms with Gasteiger partial charge in [-0.25, -0.2) is 0 Å². The molecule has 0 aliphatic heterocycles. The molecular formula is C20H31NO2. The zero-order valence-electron chi connectivity index (χ0n) is 14.5. The normalized spacial score (nSPS) is 41.4. The van der Waals surface area contributed by atoms with Gasteiger partial charge in [0.15, 0.2) is 0 Å². The molecule has 5 atom stereocenters. The molecule has 128 valence electrons. The van der Waals surface area contributed by atoms with Crippen LogP contribution in [0.2, 0.25) is 0 Å². The van der Waals surface area contributed by atoms with Gasteiger partial charge in [-0.15, -0.1) is 0 Å². The van der Waals surface area contributed by atoms with Crippen molar-refractivity contribution >= 4 is 0 Å². The van der Waals surface area contributed by atoms with E-state index < -0.39 is 5.60 Å². The second-order valence-corrected chi connectivity index (χ2v) is 7.64. The van der Waals surface area contributed by atoms with Crippen LogP contribution in [0.25, 0.3) is 0 Å². The Morgan fingerprint density at radius 2 is 1.96 bits per heavy atom. The van der Waals surface area contributed by atoms with Crippen molar-refractivity contribution in [2.45, 2.75) is 56.7 Å². The highest BCUT2D eigenvalue weighted by Crippen LogP contribution is 2.51. The first kappa shape index (κ1) is 16.9. The summed E-state index contributed by atoms with van der Waals surface area (Å²) in [6.07, 6.45) is 15.8. The van der Waals surface area contributed by atoms with Gasteiger partial charge in [0, 0.05) is 5.92 Å². The molecule has 0 radical (unpaired) electrons. The molecule has 0 aromatic rings. The van der Waals surface area contributed by atoms with Crippen LogP contribution >= 0.6 is 0 Å². The standard InChI is InChI=1S/C18H24O2.C2H7N/c19-16-7-5-12-8-9-18(20)15(10-14(12)11-16)6-4-13-2-1-3-17(13)18;1-3-2/h1-2,6,10,12-13,16-17,19-20H,3-5,7-9,11H2;3H,1-2H3/t12?,13?,16?,17?,18-;/m1./s1. The number of hydrogen-bond acceptors (Lipinski definition) is 3. The Hall–Kier alpha value is -0.900. The predicted octanol–water partition coefficient (Wildman–Crippen LogP) is 2.96. The Morgan fingerprint density at radius 1 is 1.17 bits per heavy atom. The van der Waals surface area contributed by atoms with E-state index in [0.29, 0.717) is 17.8 Å². The van der Waals surface area contributed by atoms with Crippen LogP contribution in [0, 0.1) is 17.8 Å². The van der Waals surface area contributed by atoms with E-state index in [2.05, 4.69) is 29.6 Å². The molecule has 4 rings (SSSR count). The Kier molecular flexibility index (Phi) is 5.10. The van der Waals surface area contributed by atoms with Gasteiger partial charge < -0.3 is 15.5 Å². The van der Waals surface area contributed by atoms with Crippen molar-refractivity contribution in [3.05, 3.63) is 35.5 Å². The zero-order valence-corrected chi connectivity index (χ0v) is 14.5.